The van der Waals surface area contributed by atoms with Crippen molar-refractivity contribution in [1.82, 2.24) is 0 Å². The van der Waals surface area contributed by atoms with Gasteiger partial charge in [-0.25, -0.2) is 4.39 Å². The number of hydrogen-bond donors (Lipinski definition) is 1. The molecule has 4 rings (SSSR count). The number of hydrogen-bond acceptors (Lipinski definition) is 1. The fourth-order valence-electron chi connectivity index (χ4n) is 3.57. The van der Waals surface area contributed by atoms with Crippen molar-refractivity contribution in [1.29, 1.82) is 0 Å². The molecule has 1 N–H and O–H groups in total. The lowest BCUT2D eigenvalue weighted by Crippen LogP contribution is -2.29. The molecule has 0 saturated carbocycles. The third-order valence-electron chi connectivity index (χ3n) is 4.55. The van der Waals surface area contributed by atoms with Crippen LogP contribution in [0.2, 0.25) is 5.02 Å². The zero-order valence-electron chi connectivity index (χ0n) is 11.4. The summed E-state index contributed by atoms with van der Waals surface area (Å²) in [5, 5.41) is 4.38. The fourth-order valence-corrected chi connectivity index (χ4v) is 3.75. The highest BCUT2D eigenvalue weighted by Gasteiger charge is 2.37. The smallest absolute Gasteiger partial charge is 0.123 e. The largest absolute Gasteiger partial charge is 0.378 e. The predicted octanol–water partition coefficient (Wildman–Crippen LogP) is 5.31. The molecule has 0 saturated heterocycles. The van der Waals surface area contributed by atoms with Crippen molar-refractivity contribution in [2.45, 2.75) is 18.4 Å². The van der Waals surface area contributed by atoms with Crippen LogP contribution in [-0.2, 0) is 0 Å². The summed E-state index contributed by atoms with van der Waals surface area (Å²) < 4.78 is 13.2. The van der Waals surface area contributed by atoms with E-state index < -0.39 is 0 Å². The maximum absolute atomic E-state index is 13.2. The van der Waals surface area contributed by atoms with Crippen LogP contribution < -0.4 is 5.32 Å². The van der Waals surface area contributed by atoms with Crippen LogP contribution in [0.3, 0.4) is 0 Å². The van der Waals surface area contributed by atoms with Gasteiger partial charge in [0.05, 0.1) is 6.04 Å². The van der Waals surface area contributed by atoms with E-state index in [1.165, 1.54) is 17.7 Å². The van der Waals surface area contributed by atoms with Gasteiger partial charge in [-0.05, 0) is 53.8 Å². The van der Waals surface area contributed by atoms with Crippen LogP contribution in [-0.4, -0.2) is 0 Å². The summed E-state index contributed by atoms with van der Waals surface area (Å²) in [5.74, 6) is 0.652. The van der Waals surface area contributed by atoms with E-state index in [-0.39, 0.29) is 11.9 Å². The van der Waals surface area contributed by atoms with E-state index in [1.54, 1.807) is 0 Å². The molecule has 1 aliphatic carbocycles. The molecule has 0 spiro atoms. The van der Waals surface area contributed by atoms with Gasteiger partial charge in [-0.3, -0.25) is 0 Å². The molecule has 1 aliphatic heterocycles. The van der Waals surface area contributed by atoms with Gasteiger partial charge in [-0.1, -0.05) is 35.9 Å². The van der Waals surface area contributed by atoms with E-state index in [0.717, 1.165) is 22.7 Å². The summed E-state index contributed by atoms with van der Waals surface area (Å²) in [6.45, 7) is 0. The minimum atomic E-state index is -0.192. The normalized spacial score (nSPS) is 26.1. The van der Waals surface area contributed by atoms with Crippen molar-refractivity contribution < 1.29 is 4.39 Å². The van der Waals surface area contributed by atoms with Gasteiger partial charge in [0.1, 0.15) is 5.82 Å². The van der Waals surface area contributed by atoms with Gasteiger partial charge < -0.3 is 5.32 Å². The Kier molecular flexibility index (Phi) is 3.00. The summed E-state index contributed by atoms with van der Waals surface area (Å²) in [6, 6.07) is 13.0. The molecular formula is C18H15ClFN. The van der Waals surface area contributed by atoms with Gasteiger partial charge in [0.2, 0.25) is 0 Å². The average Bonchev–Trinajstić information content (AvgIpc) is 2.97. The van der Waals surface area contributed by atoms with Crippen LogP contribution in [0.4, 0.5) is 10.1 Å². The second kappa shape index (κ2) is 4.88. The first-order chi connectivity index (χ1) is 10.2. The molecule has 106 valence electrons. The number of fused-ring (bicyclic) bond motifs is 3. The first-order valence-electron chi connectivity index (χ1n) is 7.20. The lowest BCUT2D eigenvalue weighted by molar-refractivity contribution is 0.425. The van der Waals surface area contributed by atoms with E-state index in [2.05, 4.69) is 23.5 Å². The molecule has 0 amide bonds. The molecule has 0 bridgehead atoms. The molecule has 3 atom stereocenters. The highest BCUT2D eigenvalue weighted by molar-refractivity contribution is 6.30. The Balaban J connectivity index is 1.78. The predicted molar refractivity (Wildman–Crippen MR) is 84.2 cm³/mol. The van der Waals surface area contributed by atoms with Gasteiger partial charge in [0.25, 0.3) is 0 Å². The highest BCUT2D eigenvalue weighted by atomic mass is 35.5. The number of rotatable bonds is 1. The van der Waals surface area contributed by atoms with Gasteiger partial charge in [-0.15, -0.1) is 0 Å². The Labute approximate surface area is 128 Å². The average molecular weight is 300 g/mol. The number of nitrogens with one attached hydrogen (secondary N) is 1. The summed E-state index contributed by atoms with van der Waals surface area (Å²) in [4.78, 5) is 0. The van der Waals surface area contributed by atoms with Crippen molar-refractivity contribution in [3.8, 4) is 0 Å². The third kappa shape index (κ3) is 2.14. The number of allylic oxidation sites excluding steroid dienone is 2. The number of anilines is 1. The Morgan fingerprint density at radius 1 is 1.10 bits per heavy atom. The minimum Gasteiger partial charge on any atom is -0.378 e. The summed E-state index contributed by atoms with van der Waals surface area (Å²) in [6.07, 6.45) is 5.55. The molecule has 3 heteroatoms. The Bertz CT molecular complexity index is 708. The molecule has 0 aromatic heterocycles. The molecule has 21 heavy (non-hydrogen) atoms. The van der Waals surface area contributed by atoms with Crippen molar-refractivity contribution in [2.24, 2.45) is 5.92 Å². The Hall–Kier alpha value is -1.80. The molecule has 2 aromatic rings. The first kappa shape index (κ1) is 12.9. The van der Waals surface area contributed by atoms with Crippen molar-refractivity contribution in [2.75, 3.05) is 5.32 Å². The van der Waals surface area contributed by atoms with E-state index in [0.29, 0.717) is 11.8 Å². The molecular weight excluding hydrogens is 285 g/mol. The lowest BCUT2D eigenvalue weighted by Gasteiger charge is -2.37. The van der Waals surface area contributed by atoms with Crippen molar-refractivity contribution >= 4 is 17.3 Å². The zero-order chi connectivity index (χ0) is 14.4. The van der Waals surface area contributed by atoms with E-state index in [1.807, 2.05) is 24.3 Å². The summed E-state index contributed by atoms with van der Waals surface area (Å²) in [7, 11) is 0. The zero-order valence-corrected chi connectivity index (χ0v) is 12.1. The standard InChI is InChI=1S/C18H15ClFN/c19-12-6-9-17-16(10-12)14-2-1-3-15(14)18(21-17)11-4-7-13(20)8-5-11/h1-2,4-10,14-15,18,21H,3H2. The van der Waals surface area contributed by atoms with E-state index >= 15 is 0 Å². The van der Waals surface area contributed by atoms with Crippen LogP contribution in [0.25, 0.3) is 0 Å². The van der Waals surface area contributed by atoms with Crippen LogP contribution in [0.5, 0.6) is 0 Å². The van der Waals surface area contributed by atoms with Crippen LogP contribution in [0.15, 0.2) is 54.6 Å². The van der Waals surface area contributed by atoms with Gasteiger partial charge in [0, 0.05) is 16.6 Å². The maximum Gasteiger partial charge on any atom is 0.123 e. The molecule has 0 fully saturated rings. The van der Waals surface area contributed by atoms with E-state index in [4.69, 9.17) is 11.6 Å². The van der Waals surface area contributed by atoms with Crippen LogP contribution >= 0.6 is 11.6 Å². The summed E-state index contributed by atoms with van der Waals surface area (Å²) >= 11 is 6.14. The molecule has 1 heterocycles. The van der Waals surface area contributed by atoms with Crippen LogP contribution in [0.1, 0.15) is 29.5 Å². The maximum atomic E-state index is 13.2. The fraction of sp³-hybridized carbons (Fsp3) is 0.222. The van der Waals surface area contributed by atoms with Gasteiger partial charge in [0.15, 0.2) is 0 Å². The molecule has 3 unspecified atom stereocenters. The SMILES string of the molecule is Fc1ccc(C2Nc3ccc(Cl)cc3C3C=CCC32)cc1. The monoisotopic (exact) mass is 299 g/mol. The molecule has 0 radical (unpaired) electrons. The highest BCUT2D eigenvalue weighted by Crippen LogP contribution is 2.50. The second-order valence-corrected chi connectivity index (χ2v) is 6.20. The van der Waals surface area contributed by atoms with Crippen LogP contribution in [0, 0.1) is 11.7 Å². The molecule has 1 nitrogen and oxygen atoms in total. The third-order valence-corrected chi connectivity index (χ3v) is 4.79. The first-order valence-corrected chi connectivity index (χ1v) is 7.58. The van der Waals surface area contributed by atoms with Crippen molar-refractivity contribution in [3.05, 3.63) is 76.6 Å². The topological polar surface area (TPSA) is 12.0 Å². The molecule has 2 aliphatic rings. The molecule has 2 aromatic carbocycles. The second-order valence-electron chi connectivity index (χ2n) is 5.76. The van der Waals surface area contributed by atoms with E-state index in [9.17, 15) is 4.39 Å². The van der Waals surface area contributed by atoms with Gasteiger partial charge in [-0.2, -0.15) is 0 Å². The number of halogens is 2. The Morgan fingerprint density at radius 2 is 1.90 bits per heavy atom. The van der Waals surface area contributed by atoms with Crippen molar-refractivity contribution in [3.63, 3.8) is 0 Å². The summed E-state index contributed by atoms with van der Waals surface area (Å²) in [5.41, 5.74) is 3.52. The Morgan fingerprint density at radius 3 is 2.71 bits per heavy atom. The lowest BCUT2D eigenvalue weighted by atomic mass is 9.77. The quantitative estimate of drug-likeness (QED) is 0.704. The van der Waals surface area contributed by atoms with Gasteiger partial charge >= 0.3 is 0 Å². The minimum absolute atomic E-state index is 0.192. The number of benzene rings is 2.